The van der Waals surface area contributed by atoms with E-state index in [9.17, 15) is 20.1 Å². The molecule has 0 bridgehead atoms. The minimum absolute atomic E-state index is 0.00238. The highest BCUT2D eigenvalue weighted by Gasteiger charge is 2.50. The zero-order valence-corrected chi connectivity index (χ0v) is 23.1. The molecule has 10 unspecified atom stereocenters. The molecule has 1 saturated heterocycles. The fraction of sp³-hybridized carbons (Fsp3) is 0.759. The van der Waals surface area contributed by atoms with Crippen molar-refractivity contribution in [3.63, 3.8) is 0 Å². The van der Waals surface area contributed by atoms with Crippen LogP contribution >= 0.6 is 0 Å². The Bertz CT molecular complexity index is 782. The Morgan fingerprint density at radius 2 is 2.03 bits per heavy atom. The van der Waals surface area contributed by atoms with Gasteiger partial charge in [-0.05, 0) is 45.1 Å². The lowest BCUT2D eigenvalue weighted by Crippen LogP contribution is -2.30. The summed E-state index contributed by atoms with van der Waals surface area (Å²) in [6.07, 6.45) is 9.57. The topological polar surface area (TPSA) is 109 Å². The average molecular weight is 509 g/mol. The normalized spacial score (nSPS) is 35.9. The number of rotatable bonds is 9. The van der Waals surface area contributed by atoms with E-state index in [1.807, 2.05) is 51.2 Å². The first-order valence-electron chi connectivity index (χ1n) is 13.4. The lowest BCUT2D eigenvalue weighted by molar-refractivity contribution is -0.151. The summed E-state index contributed by atoms with van der Waals surface area (Å²) >= 11 is 0. The van der Waals surface area contributed by atoms with E-state index in [-0.39, 0.29) is 42.5 Å². The number of aliphatic hydroxyl groups is 3. The van der Waals surface area contributed by atoms with Gasteiger partial charge in [0.2, 0.25) is 0 Å². The maximum atomic E-state index is 12.5. The fourth-order valence-electron chi connectivity index (χ4n) is 5.01. The molecule has 0 saturated carbocycles. The van der Waals surface area contributed by atoms with Crippen molar-refractivity contribution >= 4 is 5.97 Å². The maximum absolute atomic E-state index is 12.5. The number of carbonyl (C=O) groups is 1. The Hall–Kier alpha value is -1.51. The summed E-state index contributed by atoms with van der Waals surface area (Å²) in [4.78, 5) is 12.5. The van der Waals surface area contributed by atoms with Crippen LogP contribution in [-0.4, -0.2) is 70.6 Å². The number of allylic oxidation sites excluding steroid dienone is 2. The van der Waals surface area contributed by atoms with Gasteiger partial charge in [0.1, 0.15) is 12.2 Å². The van der Waals surface area contributed by atoms with Gasteiger partial charge >= 0.3 is 5.97 Å². The summed E-state index contributed by atoms with van der Waals surface area (Å²) in [5.74, 6) is -0.470. The molecule has 10 atom stereocenters. The molecule has 0 aromatic carbocycles. The van der Waals surface area contributed by atoms with Crippen LogP contribution in [0.4, 0.5) is 0 Å². The predicted octanol–water partition coefficient (Wildman–Crippen LogP) is 4.10. The van der Waals surface area contributed by atoms with Crippen LogP contribution in [-0.2, 0) is 19.0 Å². The zero-order valence-electron chi connectivity index (χ0n) is 23.1. The number of methoxy groups -OCH3 is 1. The highest BCUT2D eigenvalue weighted by Crippen LogP contribution is 2.37. The summed E-state index contributed by atoms with van der Waals surface area (Å²) in [7, 11) is 1.71. The Morgan fingerprint density at radius 3 is 2.67 bits per heavy atom. The molecule has 2 heterocycles. The number of cyclic esters (lactones) is 1. The maximum Gasteiger partial charge on any atom is 0.309 e. The van der Waals surface area contributed by atoms with Crippen molar-refractivity contribution in [3.8, 4) is 0 Å². The number of carbonyl (C=O) groups excluding carboxylic acids is 1. The molecule has 0 aromatic rings. The molecule has 3 N–H and O–H groups in total. The van der Waals surface area contributed by atoms with E-state index in [4.69, 9.17) is 14.2 Å². The minimum Gasteiger partial charge on any atom is -0.457 e. The zero-order chi connectivity index (χ0) is 27.0. The number of aliphatic hydroxyl groups excluding tert-OH is 2. The third kappa shape index (κ3) is 9.10. The van der Waals surface area contributed by atoms with E-state index >= 15 is 0 Å². The Labute approximate surface area is 217 Å². The molecule has 7 heteroatoms. The Balaban J connectivity index is 2.05. The summed E-state index contributed by atoms with van der Waals surface area (Å²) < 4.78 is 17.1. The van der Waals surface area contributed by atoms with Crippen LogP contribution in [0.2, 0.25) is 0 Å². The van der Waals surface area contributed by atoms with Gasteiger partial charge in [0.15, 0.2) is 0 Å². The third-order valence-corrected chi connectivity index (χ3v) is 7.62. The number of hydrogen-bond donors (Lipinski definition) is 3. The van der Waals surface area contributed by atoms with Crippen molar-refractivity contribution < 1.29 is 34.3 Å². The van der Waals surface area contributed by atoms with Gasteiger partial charge in [-0.2, -0.15) is 0 Å². The van der Waals surface area contributed by atoms with E-state index in [1.165, 1.54) is 0 Å². The molecule has 0 spiro atoms. The van der Waals surface area contributed by atoms with E-state index in [2.05, 4.69) is 13.8 Å². The van der Waals surface area contributed by atoms with Gasteiger partial charge in [-0.1, -0.05) is 58.1 Å². The van der Waals surface area contributed by atoms with Crippen molar-refractivity contribution in [1.29, 1.82) is 0 Å². The smallest absolute Gasteiger partial charge is 0.309 e. The quantitative estimate of drug-likeness (QED) is 0.186. The molecule has 0 aromatic heterocycles. The molecule has 36 heavy (non-hydrogen) atoms. The minimum atomic E-state index is -0.927. The molecular formula is C29H48O7. The van der Waals surface area contributed by atoms with Crippen molar-refractivity contribution in [1.82, 2.24) is 0 Å². The third-order valence-electron chi connectivity index (χ3n) is 7.62. The number of hydrogen-bond acceptors (Lipinski definition) is 7. The van der Waals surface area contributed by atoms with E-state index < -0.39 is 29.9 Å². The number of esters is 1. The van der Waals surface area contributed by atoms with E-state index in [0.29, 0.717) is 19.3 Å². The second-order valence-corrected chi connectivity index (χ2v) is 11.0. The predicted molar refractivity (Wildman–Crippen MR) is 140 cm³/mol. The van der Waals surface area contributed by atoms with Crippen molar-refractivity contribution in [3.05, 3.63) is 36.0 Å². The van der Waals surface area contributed by atoms with Crippen LogP contribution in [0.1, 0.15) is 73.6 Å². The van der Waals surface area contributed by atoms with Crippen LogP contribution in [0.25, 0.3) is 0 Å². The summed E-state index contributed by atoms with van der Waals surface area (Å²) in [5.41, 5.74) is -0.0690. The molecule has 2 rings (SSSR count). The molecule has 7 nitrogen and oxygen atoms in total. The van der Waals surface area contributed by atoms with Gasteiger partial charge in [0.25, 0.3) is 0 Å². The first-order chi connectivity index (χ1) is 16.9. The standard InChI is InChI=1S/C29H48O7/c1-8-23(34-7)21(5)27-28(36-27)25(32)18(2)11-9-12-19(3)26-20(4)13-10-15-29(6,33)16-14-22(30)17-24(31)35-26/h9-13,18,20-23,25-28,30,32-33H,8,14-17H2,1-7H3. The molecule has 2 aliphatic heterocycles. The fourth-order valence-corrected chi connectivity index (χ4v) is 5.01. The molecule has 2 aliphatic rings. The van der Waals surface area contributed by atoms with Crippen LogP contribution < -0.4 is 0 Å². The SMILES string of the molecule is CCC(OC)C(C)C1OC1C(O)C(C)C=CC=C(C)C1OC(=O)CC(O)CCC(C)(O)CC=CC1C. The van der Waals surface area contributed by atoms with Crippen LogP contribution in [0.3, 0.4) is 0 Å². The molecule has 0 amide bonds. The highest BCUT2D eigenvalue weighted by molar-refractivity contribution is 5.70. The van der Waals surface area contributed by atoms with Crippen LogP contribution in [0.5, 0.6) is 0 Å². The lowest BCUT2D eigenvalue weighted by atomic mass is 9.90. The largest absolute Gasteiger partial charge is 0.457 e. The molecule has 0 aliphatic carbocycles. The Morgan fingerprint density at radius 1 is 1.33 bits per heavy atom. The molecule has 206 valence electrons. The van der Waals surface area contributed by atoms with Crippen molar-refractivity contribution in [2.75, 3.05) is 7.11 Å². The van der Waals surface area contributed by atoms with Gasteiger partial charge in [-0.25, -0.2) is 0 Å². The van der Waals surface area contributed by atoms with Crippen LogP contribution in [0, 0.1) is 17.8 Å². The van der Waals surface area contributed by atoms with E-state index in [1.54, 1.807) is 14.0 Å². The van der Waals surface area contributed by atoms with Crippen LogP contribution in [0.15, 0.2) is 36.0 Å². The second-order valence-electron chi connectivity index (χ2n) is 11.0. The monoisotopic (exact) mass is 508 g/mol. The number of epoxide rings is 1. The van der Waals surface area contributed by atoms with Gasteiger partial charge in [0.05, 0.1) is 36.4 Å². The highest BCUT2D eigenvalue weighted by atomic mass is 16.6. The van der Waals surface area contributed by atoms with Gasteiger partial charge in [-0.3, -0.25) is 4.79 Å². The lowest BCUT2D eigenvalue weighted by Gasteiger charge is -2.27. The summed E-state index contributed by atoms with van der Waals surface area (Å²) in [5, 5.41) is 31.5. The van der Waals surface area contributed by atoms with Gasteiger partial charge < -0.3 is 29.5 Å². The first-order valence-corrected chi connectivity index (χ1v) is 13.4. The molecule has 1 fully saturated rings. The van der Waals surface area contributed by atoms with Gasteiger partial charge in [-0.15, -0.1) is 0 Å². The van der Waals surface area contributed by atoms with Gasteiger partial charge in [0, 0.05) is 24.9 Å². The Kier molecular flexibility index (Phi) is 11.8. The number of ether oxygens (including phenoxy) is 3. The van der Waals surface area contributed by atoms with Crippen molar-refractivity contribution in [2.24, 2.45) is 17.8 Å². The molecular weight excluding hydrogens is 460 g/mol. The average Bonchev–Trinajstić information content (AvgIpc) is 3.61. The molecule has 0 radical (unpaired) electrons. The van der Waals surface area contributed by atoms with E-state index in [0.717, 1.165) is 12.0 Å². The van der Waals surface area contributed by atoms with Crippen molar-refractivity contribution in [2.45, 2.75) is 116 Å². The first kappa shape index (κ1) is 30.7. The summed E-state index contributed by atoms with van der Waals surface area (Å²) in [6.45, 7) is 11.8. The summed E-state index contributed by atoms with van der Waals surface area (Å²) in [6, 6.07) is 0. The second kappa shape index (κ2) is 13.9.